The Morgan fingerprint density at radius 3 is 1.82 bits per heavy atom. The minimum atomic E-state index is -0.967. The van der Waals surface area contributed by atoms with Crippen molar-refractivity contribution < 1.29 is 18.8 Å². The van der Waals surface area contributed by atoms with Gasteiger partial charge in [0.25, 0.3) is 0 Å². The van der Waals surface area contributed by atoms with Gasteiger partial charge in [0, 0.05) is 17.2 Å². The first-order chi connectivity index (χ1) is 18.3. The Kier molecular flexibility index (Phi) is 11.2. The molecular formula is C34H44O4Si2. The molecule has 0 unspecified atom stereocenters. The maximum atomic E-state index is 10.8. The number of hydrogen-bond donors (Lipinski definition) is 1. The van der Waals surface area contributed by atoms with Crippen LogP contribution in [0.3, 0.4) is 0 Å². The first-order valence-corrected chi connectivity index (χ1v) is 15.4. The number of carbonyl (C=O) groups is 1. The number of benzene rings is 2. The van der Waals surface area contributed by atoms with E-state index >= 15 is 0 Å². The largest absolute Gasteiger partial charge is 0.478 e. The number of allylic oxidation sites excluding steroid dienone is 3. The molecule has 212 valence electrons. The molecule has 0 aliphatic heterocycles. The van der Waals surface area contributed by atoms with Crippen molar-refractivity contribution in [3.63, 3.8) is 0 Å². The van der Waals surface area contributed by atoms with Gasteiger partial charge < -0.3 is 14.0 Å². The molecule has 0 aliphatic rings. The zero-order chi connectivity index (χ0) is 30.4. The van der Waals surface area contributed by atoms with Gasteiger partial charge in [-0.2, -0.15) is 0 Å². The summed E-state index contributed by atoms with van der Waals surface area (Å²) in [5.74, 6) is 5.70. The van der Waals surface area contributed by atoms with Crippen LogP contribution in [0.25, 0.3) is 5.57 Å². The molecule has 0 saturated heterocycles. The standard InChI is InChI=1S/C34H44O4Si2/c1-24(14-12-17-30(35)36)27-16-13-15-25(22-27)18-19-26-20-21-28(33(8,9)37-39-31(2,3)4)29(23-26)34(10,11)38-40-32(5,6)7/h12-17,20-23H,1-11H3,(H,35,36). The average Bonchev–Trinajstić information content (AvgIpc) is 2.84. The first kappa shape index (κ1) is 33.5. The van der Waals surface area contributed by atoms with Crippen molar-refractivity contribution in [2.75, 3.05) is 0 Å². The smallest absolute Gasteiger partial charge is 0.328 e. The van der Waals surface area contributed by atoms with Crippen LogP contribution in [0.1, 0.15) is 104 Å². The molecule has 0 heterocycles. The van der Waals surface area contributed by atoms with E-state index < -0.39 is 17.2 Å². The quantitative estimate of drug-likeness (QED) is 0.142. The minimum Gasteiger partial charge on any atom is -0.478 e. The Labute approximate surface area is 247 Å². The summed E-state index contributed by atoms with van der Waals surface area (Å²) in [5, 5.41) is 8.97. The summed E-state index contributed by atoms with van der Waals surface area (Å²) in [7, 11) is 0.700. The number of rotatable bonds is 9. The Bertz CT molecular complexity index is 1310. The van der Waals surface area contributed by atoms with E-state index in [9.17, 15) is 4.79 Å². The van der Waals surface area contributed by atoms with Gasteiger partial charge in [-0.15, -0.1) is 0 Å². The maximum absolute atomic E-state index is 10.8. The summed E-state index contributed by atoms with van der Waals surface area (Å²) >= 11 is 0. The van der Waals surface area contributed by atoms with E-state index in [-0.39, 0.29) is 10.1 Å². The molecule has 2 aromatic carbocycles. The van der Waals surface area contributed by atoms with Crippen LogP contribution in [0.15, 0.2) is 60.7 Å². The maximum Gasteiger partial charge on any atom is 0.328 e. The van der Waals surface area contributed by atoms with Gasteiger partial charge in [-0.05, 0) is 91.2 Å². The summed E-state index contributed by atoms with van der Waals surface area (Å²) in [6.07, 6.45) is 4.45. The molecule has 0 bridgehead atoms. The lowest BCUT2D eigenvalue weighted by Crippen LogP contribution is -2.34. The third-order valence-corrected chi connectivity index (χ3v) is 8.25. The fraction of sp³-hybridized carbons (Fsp3) is 0.441. The number of hydrogen-bond acceptors (Lipinski definition) is 3. The van der Waals surface area contributed by atoms with Gasteiger partial charge in [-0.1, -0.05) is 83.7 Å². The molecule has 0 amide bonds. The zero-order valence-corrected chi connectivity index (χ0v) is 27.9. The van der Waals surface area contributed by atoms with Crippen molar-refractivity contribution in [2.24, 2.45) is 0 Å². The normalized spacial score (nSPS) is 13.3. The first-order valence-electron chi connectivity index (χ1n) is 13.5. The third-order valence-electron chi connectivity index (χ3n) is 5.80. The van der Waals surface area contributed by atoms with Gasteiger partial charge in [0.2, 0.25) is 19.5 Å². The second-order valence-electron chi connectivity index (χ2n) is 13.1. The molecule has 0 atom stereocenters. The molecule has 2 rings (SSSR count). The van der Waals surface area contributed by atoms with Crippen LogP contribution in [0.4, 0.5) is 0 Å². The van der Waals surface area contributed by atoms with E-state index in [1.165, 1.54) is 6.08 Å². The highest BCUT2D eigenvalue weighted by molar-refractivity contribution is 6.32. The van der Waals surface area contributed by atoms with E-state index in [1.807, 2.05) is 31.2 Å². The van der Waals surface area contributed by atoms with E-state index in [1.54, 1.807) is 6.08 Å². The molecule has 0 aromatic heterocycles. The molecule has 2 aromatic rings. The lowest BCUT2D eigenvalue weighted by atomic mass is 9.84. The van der Waals surface area contributed by atoms with Gasteiger partial charge in [0.15, 0.2) is 0 Å². The third kappa shape index (κ3) is 11.1. The summed E-state index contributed by atoms with van der Waals surface area (Å²) < 4.78 is 13.0. The summed E-state index contributed by atoms with van der Waals surface area (Å²) in [4.78, 5) is 10.8. The zero-order valence-electron chi connectivity index (χ0n) is 25.9. The minimum absolute atomic E-state index is 0.0650. The molecule has 0 fully saturated rings. The highest BCUT2D eigenvalue weighted by Gasteiger charge is 2.34. The lowest BCUT2D eigenvalue weighted by Gasteiger charge is -2.37. The Morgan fingerprint density at radius 1 is 0.775 bits per heavy atom. The number of aliphatic carboxylic acids is 1. The van der Waals surface area contributed by atoms with Gasteiger partial charge >= 0.3 is 5.97 Å². The van der Waals surface area contributed by atoms with E-state index in [0.29, 0.717) is 19.5 Å². The van der Waals surface area contributed by atoms with Crippen molar-refractivity contribution in [1.29, 1.82) is 0 Å². The van der Waals surface area contributed by atoms with Crippen LogP contribution < -0.4 is 0 Å². The molecule has 1 N–H and O–H groups in total. The summed E-state index contributed by atoms with van der Waals surface area (Å²) in [5.41, 5.74) is 4.91. The van der Waals surface area contributed by atoms with Gasteiger partial charge in [-0.25, -0.2) is 4.79 Å². The van der Waals surface area contributed by atoms with Crippen LogP contribution in [0.5, 0.6) is 0 Å². The highest BCUT2D eigenvalue weighted by atomic mass is 28.2. The van der Waals surface area contributed by atoms with Crippen molar-refractivity contribution in [1.82, 2.24) is 0 Å². The topological polar surface area (TPSA) is 55.8 Å². The predicted molar refractivity (Wildman–Crippen MR) is 168 cm³/mol. The Balaban J connectivity index is 2.50. The van der Waals surface area contributed by atoms with Gasteiger partial charge in [0.1, 0.15) is 0 Å². The lowest BCUT2D eigenvalue weighted by molar-refractivity contribution is -0.131. The average molecular weight is 573 g/mol. The van der Waals surface area contributed by atoms with Gasteiger partial charge in [0.05, 0.1) is 11.2 Å². The summed E-state index contributed by atoms with van der Waals surface area (Å²) in [6, 6.07) is 14.3. The monoisotopic (exact) mass is 572 g/mol. The SMILES string of the molecule is CC(=CC=CC(=O)O)c1cccc(C#Cc2ccc(C(C)(C)O[Si]C(C)(C)C)c(C(C)(C)O[Si]C(C)(C)C)c2)c1. The fourth-order valence-electron chi connectivity index (χ4n) is 3.67. The molecule has 40 heavy (non-hydrogen) atoms. The Morgan fingerprint density at radius 2 is 1.30 bits per heavy atom. The summed E-state index contributed by atoms with van der Waals surface area (Å²) in [6.45, 7) is 23.6. The van der Waals surface area contributed by atoms with Crippen LogP contribution in [-0.4, -0.2) is 30.6 Å². The van der Waals surface area contributed by atoms with Crippen LogP contribution in [-0.2, 0) is 24.8 Å². The van der Waals surface area contributed by atoms with Crippen LogP contribution in [0, 0.1) is 11.8 Å². The predicted octanol–water partition coefficient (Wildman–Crippen LogP) is 8.31. The van der Waals surface area contributed by atoms with Crippen LogP contribution >= 0.6 is 0 Å². The van der Waals surface area contributed by atoms with E-state index in [0.717, 1.165) is 39.5 Å². The van der Waals surface area contributed by atoms with Crippen molar-refractivity contribution in [3.8, 4) is 11.8 Å². The molecule has 0 saturated carbocycles. The fourth-order valence-corrected chi connectivity index (χ4v) is 5.02. The molecule has 4 nitrogen and oxygen atoms in total. The molecule has 4 radical (unpaired) electrons. The molecule has 6 heteroatoms. The number of carboxylic acid groups (broad SMARTS) is 1. The Hall–Kier alpha value is -2.70. The van der Waals surface area contributed by atoms with Crippen LogP contribution in [0.2, 0.25) is 10.1 Å². The van der Waals surface area contributed by atoms with Gasteiger partial charge in [-0.3, -0.25) is 0 Å². The second kappa shape index (κ2) is 13.3. The second-order valence-corrected chi connectivity index (χ2v) is 16.9. The molecular weight excluding hydrogens is 529 g/mol. The van der Waals surface area contributed by atoms with E-state index in [2.05, 4.69) is 99.3 Å². The highest BCUT2D eigenvalue weighted by Crippen LogP contribution is 2.38. The van der Waals surface area contributed by atoms with Crippen molar-refractivity contribution in [3.05, 3.63) is 88.5 Å². The van der Waals surface area contributed by atoms with Crippen molar-refractivity contribution in [2.45, 2.75) is 97.4 Å². The van der Waals surface area contributed by atoms with E-state index in [4.69, 9.17) is 14.0 Å². The molecule has 0 spiro atoms. The number of carboxylic acids is 1. The molecule has 0 aliphatic carbocycles. The van der Waals surface area contributed by atoms with Crippen molar-refractivity contribution >= 4 is 31.1 Å².